The number of para-hydroxylation sites is 1. The number of nitrogens with zero attached hydrogens (tertiary/aromatic N) is 5. The number of amides is 2. The van der Waals surface area contributed by atoms with Gasteiger partial charge in [0, 0.05) is 31.6 Å². The molecule has 1 saturated heterocycles. The lowest BCUT2D eigenvalue weighted by molar-refractivity contribution is -0.149. The van der Waals surface area contributed by atoms with E-state index in [0.717, 1.165) is 0 Å². The Hall–Kier alpha value is -2.81. The fraction of sp³-hybridized carbons (Fsp3) is 0.438. The quantitative estimate of drug-likeness (QED) is 0.684. The van der Waals surface area contributed by atoms with Crippen molar-refractivity contribution in [2.45, 2.75) is 31.9 Å². The average molecular weight is 344 g/mol. The zero-order chi connectivity index (χ0) is 17.9. The predicted octanol–water partition coefficient (Wildman–Crippen LogP) is -0.480. The van der Waals surface area contributed by atoms with Gasteiger partial charge in [0.2, 0.25) is 5.60 Å². The molecule has 1 unspecified atom stereocenters. The minimum absolute atomic E-state index is 0.0497. The van der Waals surface area contributed by atoms with Gasteiger partial charge in [0.1, 0.15) is 0 Å². The normalized spacial score (nSPS) is 20.1. The largest absolute Gasteiger partial charge is 0.372 e. The number of carbonyl (C=O) groups is 2. The highest BCUT2D eigenvalue weighted by atomic mass is 16.3. The number of hydrogen-bond acceptors (Lipinski definition) is 6. The van der Waals surface area contributed by atoms with Crippen LogP contribution in [-0.4, -0.2) is 55.8 Å². The smallest absolute Gasteiger partial charge is 0.268 e. The highest BCUT2D eigenvalue weighted by molar-refractivity contribution is 6.16. The number of rotatable bonds is 6. The van der Waals surface area contributed by atoms with Crippen LogP contribution in [0.15, 0.2) is 30.3 Å². The Morgan fingerprint density at radius 2 is 2.12 bits per heavy atom. The number of aromatic nitrogens is 4. The first-order valence-corrected chi connectivity index (χ1v) is 8.19. The van der Waals surface area contributed by atoms with E-state index in [1.54, 1.807) is 24.3 Å². The van der Waals surface area contributed by atoms with Crippen LogP contribution in [0, 0.1) is 0 Å². The van der Waals surface area contributed by atoms with E-state index in [-0.39, 0.29) is 19.5 Å². The Bertz CT molecular complexity index is 762. The molecule has 2 N–H and O–H groups in total. The Morgan fingerprint density at radius 3 is 2.80 bits per heavy atom. The summed E-state index contributed by atoms with van der Waals surface area (Å²) in [5, 5.41) is 24.9. The molecule has 2 heterocycles. The first-order valence-electron chi connectivity index (χ1n) is 8.19. The standard InChI is InChI=1S/C16H20N6O3/c1-2-13-18-20-22(19-13)11-9-17-14(23)16(25)8-10-21(15(16)24)12-6-4-3-5-7-12/h3-7,25H,2,8-11H2,1H3,(H,17,23). The van der Waals surface area contributed by atoms with E-state index < -0.39 is 17.4 Å². The van der Waals surface area contributed by atoms with E-state index >= 15 is 0 Å². The third-order valence-electron chi connectivity index (χ3n) is 4.15. The van der Waals surface area contributed by atoms with Crippen LogP contribution >= 0.6 is 0 Å². The number of tetrazole rings is 1. The molecule has 2 aromatic rings. The van der Waals surface area contributed by atoms with Crippen LogP contribution < -0.4 is 10.2 Å². The summed E-state index contributed by atoms with van der Waals surface area (Å²) in [6.07, 6.45) is 0.726. The fourth-order valence-electron chi connectivity index (χ4n) is 2.70. The van der Waals surface area contributed by atoms with Gasteiger partial charge in [0.05, 0.1) is 6.54 Å². The van der Waals surface area contributed by atoms with Crippen molar-refractivity contribution in [1.82, 2.24) is 25.5 Å². The Morgan fingerprint density at radius 1 is 1.36 bits per heavy atom. The SMILES string of the molecule is CCc1nnn(CCNC(=O)C2(O)CCN(c3ccccc3)C2=O)n1. The van der Waals surface area contributed by atoms with Crippen LogP contribution in [0.1, 0.15) is 19.2 Å². The summed E-state index contributed by atoms with van der Waals surface area (Å²) in [7, 11) is 0. The summed E-state index contributed by atoms with van der Waals surface area (Å²) in [5.74, 6) is -0.690. The number of aryl methyl sites for hydroxylation is 1. The number of benzene rings is 1. The number of aliphatic hydroxyl groups is 1. The molecule has 3 rings (SSSR count). The van der Waals surface area contributed by atoms with Crippen LogP contribution in [-0.2, 0) is 22.6 Å². The van der Waals surface area contributed by atoms with Gasteiger partial charge < -0.3 is 15.3 Å². The lowest BCUT2D eigenvalue weighted by Crippen LogP contribution is -2.53. The summed E-state index contributed by atoms with van der Waals surface area (Å²) < 4.78 is 0. The molecule has 0 bridgehead atoms. The zero-order valence-corrected chi connectivity index (χ0v) is 13.9. The Labute approximate surface area is 144 Å². The summed E-state index contributed by atoms with van der Waals surface area (Å²) in [5.41, 5.74) is -1.38. The van der Waals surface area contributed by atoms with E-state index in [0.29, 0.717) is 24.5 Å². The monoisotopic (exact) mass is 344 g/mol. The van der Waals surface area contributed by atoms with E-state index in [1.165, 1.54) is 9.70 Å². The van der Waals surface area contributed by atoms with E-state index in [1.807, 2.05) is 13.0 Å². The predicted molar refractivity (Wildman–Crippen MR) is 88.6 cm³/mol. The molecular formula is C16H20N6O3. The second-order valence-corrected chi connectivity index (χ2v) is 5.81. The maximum Gasteiger partial charge on any atom is 0.268 e. The van der Waals surface area contributed by atoms with Gasteiger partial charge in [-0.2, -0.15) is 4.80 Å². The maximum absolute atomic E-state index is 12.5. The van der Waals surface area contributed by atoms with Crippen molar-refractivity contribution in [1.29, 1.82) is 0 Å². The van der Waals surface area contributed by atoms with Gasteiger partial charge in [-0.3, -0.25) is 9.59 Å². The summed E-state index contributed by atoms with van der Waals surface area (Å²) in [6, 6.07) is 8.98. The minimum atomic E-state index is -2.04. The molecule has 0 aliphatic carbocycles. The molecule has 1 aromatic carbocycles. The van der Waals surface area contributed by atoms with Crippen molar-refractivity contribution in [2.24, 2.45) is 0 Å². The third kappa shape index (κ3) is 3.36. The summed E-state index contributed by atoms with van der Waals surface area (Å²) >= 11 is 0. The number of hydrogen-bond donors (Lipinski definition) is 2. The lowest BCUT2D eigenvalue weighted by atomic mass is 10.0. The highest BCUT2D eigenvalue weighted by Gasteiger charge is 2.51. The molecule has 1 atom stereocenters. The van der Waals surface area contributed by atoms with E-state index in [2.05, 4.69) is 20.7 Å². The minimum Gasteiger partial charge on any atom is -0.372 e. The van der Waals surface area contributed by atoms with Crippen molar-refractivity contribution in [2.75, 3.05) is 18.0 Å². The molecule has 9 nitrogen and oxygen atoms in total. The molecule has 25 heavy (non-hydrogen) atoms. The van der Waals surface area contributed by atoms with E-state index in [9.17, 15) is 14.7 Å². The molecule has 1 aliphatic heterocycles. The molecule has 9 heteroatoms. The Kier molecular flexibility index (Phi) is 4.75. The topological polar surface area (TPSA) is 113 Å². The van der Waals surface area contributed by atoms with Crippen molar-refractivity contribution in [3.05, 3.63) is 36.2 Å². The van der Waals surface area contributed by atoms with Crippen LogP contribution in [0.5, 0.6) is 0 Å². The first-order chi connectivity index (χ1) is 12.0. The van der Waals surface area contributed by atoms with Crippen molar-refractivity contribution in [3.8, 4) is 0 Å². The average Bonchev–Trinajstić information content (AvgIpc) is 3.21. The molecule has 0 radical (unpaired) electrons. The van der Waals surface area contributed by atoms with Crippen molar-refractivity contribution >= 4 is 17.5 Å². The van der Waals surface area contributed by atoms with Gasteiger partial charge in [-0.25, -0.2) is 0 Å². The third-order valence-corrected chi connectivity index (χ3v) is 4.15. The maximum atomic E-state index is 12.5. The Balaban J connectivity index is 1.58. The second-order valence-electron chi connectivity index (χ2n) is 5.81. The van der Waals surface area contributed by atoms with Gasteiger partial charge in [-0.05, 0) is 17.3 Å². The first kappa shape index (κ1) is 17.0. The van der Waals surface area contributed by atoms with Crippen LogP contribution in [0.4, 0.5) is 5.69 Å². The van der Waals surface area contributed by atoms with Crippen LogP contribution in [0.2, 0.25) is 0 Å². The van der Waals surface area contributed by atoms with E-state index in [4.69, 9.17) is 0 Å². The molecule has 0 spiro atoms. The molecule has 0 saturated carbocycles. The number of nitrogens with one attached hydrogen (secondary N) is 1. The van der Waals surface area contributed by atoms with Gasteiger partial charge in [0.25, 0.3) is 11.8 Å². The zero-order valence-electron chi connectivity index (χ0n) is 13.9. The fourth-order valence-corrected chi connectivity index (χ4v) is 2.70. The van der Waals surface area contributed by atoms with Gasteiger partial charge in [-0.15, -0.1) is 10.2 Å². The van der Waals surface area contributed by atoms with Crippen molar-refractivity contribution < 1.29 is 14.7 Å². The van der Waals surface area contributed by atoms with Gasteiger partial charge in [-0.1, -0.05) is 25.1 Å². The van der Waals surface area contributed by atoms with Crippen molar-refractivity contribution in [3.63, 3.8) is 0 Å². The summed E-state index contributed by atoms with van der Waals surface area (Å²) in [4.78, 5) is 27.6. The molecule has 1 fully saturated rings. The number of anilines is 1. The molecular weight excluding hydrogens is 324 g/mol. The number of carbonyl (C=O) groups excluding carboxylic acids is 2. The highest BCUT2D eigenvalue weighted by Crippen LogP contribution is 2.28. The van der Waals surface area contributed by atoms with Gasteiger partial charge >= 0.3 is 0 Å². The molecule has 2 amide bonds. The molecule has 1 aromatic heterocycles. The molecule has 1 aliphatic rings. The lowest BCUT2D eigenvalue weighted by Gasteiger charge is -2.21. The molecule has 132 valence electrons. The van der Waals surface area contributed by atoms with Crippen LogP contribution in [0.25, 0.3) is 0 Å². The van der Waals surface area contributed by atoms with Crippen LogP contribution in [0.3, 0.4) is 0 Å². The second kappa shape index (κ2) is 6.98. The van der Waals surface area contributed by atoms with Gasteiger partial charge in [0.15, 0.2) is 5.82 Å². The summed E-state index contributed by atoms with van der Waals surface area (Å²) in [6.45, 7) is 2.71.